The maximum absolute atomic E-state index is 8.72. The van der Waals surface area contributed by atoms with Gasteiger partial charge in [-0.1, -0.05) is 0 Å². The van der Waals surface area contributed by atoms with Gasteiger partial charge in [0.05, 0.1) is 0 Å². The van der Waals surface area contributed by atoms with E-state index in [1.165, 1.54) is 6.20 Å². The Balaban J connectivity index is 2.48. The first-order valence-corrected chi connectivity index (χ1v) is 6.16. The average Bonchev–Trinajstić information content (AvgIpc) is 2.34. The summed E-state index contributed by atoms with van der Waals surface area (Å²) < 4.78 is 5.46. The van der Waals surface area contributed by atoms with Crippen molar-refractivity contribution < 1.29 is 4.74 Å². The van der Waals surface area contributed by atoms with Gasteiger partial charge < -0.3 is 4.74 Å². The normalized spacial score (nSPS) is 11.0. The predicted molar refractivity (Wildman–Crippen MR) is 69.2 cm³/mol. The molecule has 0 amide bonds. The Morgan fingerprint density at radius 1 is 1.33 bits per heavy atom. The van der Waals surface area contributed by atoms with Gasteiger partial charge in [-0.05, 0) is 33.8 Å². The number of ether oxygens (including phenoxy) is 1. The van der Waals surface area contributed by atoms with Gasteiger partial charge >= 0.3 is 6.01 Å². The maximum atomic E-state index is 8.72. The zero-order valence-electron chi connectivity index (χ0n) is 11.4. The molecule has 0 aliphatic rings. The molecule has 0 spiro atoms. The average molecular weight is 248 g/mol. The summed E-state index contributed by atoms with van der Waals surface area (Å²) in [4.78, 5) is 10.3. The summed E-state index contributed by atoms with van der Waals surface area (Å²) in [7, 11) is 0. The van der Waals surface area contributed by atoms with Gasteiger partial charge in [-0.3, -0.25) is 4.90 Å². The fourth-order valence-corrected chi connectivity index (χ4v) is 1.83. The highest BCUT2D eigenvalue weighted by atomic mass is 16.5. The largest absolute Gasteiger partial charge is 0.462 e. The van der Waals surface area contributed by atoms with E-state index in [-0.39, 0.29) is 6.01 Å². The third kappa shape index (κ3) is 4.30. The third-order valence-corrected chi connectivity index (χ3v) is 2.66. The summed E-state index contributed by atoms with van der Waals surface area (Å²) >= 11 is 0. The van der Waals surface area contributed by atoms with Crippen LogP contribution in [-0.2, 0) is 0 Å². The van der Waals surface area contributed by atoms with Gasteiger partial charge in [-0.2, -0.15) is 10.2 Å². The molecule has 1 rings (SSSR count). The van der Waals surface area contributed by atoms with Crippen molar-refractivity contribution in [1.29, 1.82) is 5.26 Å². The number of rotatable bonds is 6. The molecule has 0 unspecified atom stereocenters. The molecule has 5 nitrogen and oxygen atoms in total. The second-order valence-electron chi connectivity index (χ2n) is 4.61. The van der Waals surface area contributed by atoms with Gasteiger partial charge in [0.25, 0.3) is 0 Å². The molecule has 0 aliphatic heterocycles. The van der Waals surface area contributed by atoms with E-state index in [0.717, 1.165) is 6.54 Å². The van der Waals surface area contributed by atoms with E-state index < -0.39 is 0 Å². The van der Waals surface area contributed by atoms with Crippen LogP contribution in [0.1, 0.15) is 33.4 Å². The molecule has 98 valence electrons. The molecule has 18 heavy (non-hydrogen) atoms. The Morgan fingerprint density at radius 3 is 2.56 bits per heavy atom. The van der Waals surface area contributed by atoms with Gasteiger partial charge in [0.2, 0.25) is 0 Å². The van der Waals surface area contributed by atoms with Gasteiger partial charge in [-0.25, -0.2) is 4.98 Å². The number of nitrogens with zero attached hydrogens (tertiary/aromatic N) is 4. The van der Waals surface area contributed by atoms with E-state index in [2.05, 4.69) is 42.6 Å². The SMILES string of the molecule is CC(C)N(CCOc1nccc(C#N)n1)C(C)C. The topological polar surface area (TPSA) is 62.0 Å². The molecule has 0 saturated carbocycles. The Labute approximate surface area is 108 Å². The van der Waals surface area contributed by atoms with E-state index in [1.807, 2.05) is 6.07 Å². The first-order valence-electron chi connectivity index (χ1n) is 6.16. The molecule has 1 aromatic heterocycles. The van der Waals surface area contributed by atoms with Crippen molar-refractivity contribution in [2.75, 3.05) is 13.2 Å². The zero-order chi connectivity index (χ0) is 13.5. The molecule has 0 bridgehead atoms. The van der Waals surface area contributed by atoms with Crippen LogP contribution < -0.4 is 4.74 Å². The molecule has 1 heterocycles. The molecule has 0 aliphatic carbocycles. The van der Waals surface area contributed by atoms with Crippen LogP contribution in [0.3, 0.4) is 0 Å². The number of hydrogen-bond acceptors (Lipinski definition) is 5. The minimum Gasteiger partial charge on any atom is -0.462 e. The summed E-state index contributed by atoms with van der Waals surface area (Å²) in [5.74, 6) is 0. The van der Waals surface area contributed by atoms with Crippen molar-refractivity contribution in [3.63, 3.8) is 0 Å². The Kier molecular flexibility index (Phi) is 5.53. The van der Waals surface area contributed by atoms with E-state index in [9.17, 15) is 0 Å². The van der Waals surface area contributed by atoms with Crippen LogP contribution >= 0.6 is 0 Å². The summed E-state index contributed by atoms with van der Waals surface area (Å²) in [5.41, 5.74) is 0.324. The van der Waals surface area contributed by atoms with E-state index in [1.54, 1.807) is 6.07 Å². The summed E-state index contributed by atoms with van der Waals surface area (Å²) in [6, 6.07) is 4.73. The van der Waals surface area contributed by atoms with Crippen LogP contribution in [-0.4, -0.2) is 40.1 Å². The highest BCUT2D eigenvalue weighted by Gasteiger charge is 2.13. The van der Waals surface area contributed by atoms with Crippen LogP contribution in [0, 0.1) is 11.3 Å². The standard InChI is InChI=1S/C13H20N4O/c1-10(2)17(11(3)4)7-8-18-13-15-6-5-12(9-14)16-13/h5-6,10-11H,7-8H2,1-4H3. The van der Waals surface area contributed by atoms with Gasteiger partial charge in [0.1, 0.15) is 18.4 Å². The molecule has 0 saturated heterocycles. The molecule has 5 heteroatoms. The lowest BCUT2D eigenvalue weighted by Crippen LogP contribution is -2.39. The lowest BCUT2D eigenvalue weighted by Gasteiger charge is -2.30. The molecular formula is C13H20N4O. The molecule has 1 aromatic rings. The van der Waals surface area contributed by atoms with E-state index >= 15 is 0 Å². The van der Waals surface area contributed by atoms with E-state index in [0.29, 0.717) is 24.4 Å². The second-order valence-corrected chi connectivity index (χ2v) is 4.61. The van der Waals surface area contributed by atoms with Crippen LogP contribution in [0.5, 0.6) is 6.01 Å². The summed E-state index contributed by atoms with van der Waals surface area (Å²) in [6.45, 7) is 9.97. The minimum atomic E-state index is 0.265. The Bertz CT molecular complexity index is 404. The molecule has 0 atom stereocenters. The zero-order valence-corrected chi connectivity index (χ0v) is 11.4. The van der Waals surface area contributed by atoms with Crippen molar-refractivity contribution in [3.05, 3.63) is 18.0 Å². The summed E-state index contributed by atoms with van der Waals surface area (Å²) in [6.07, 6.45) is 1.53. The molecule has 0 radical (unpaired) electrons. The van der Waals surface area contributed by atoms with Crippen molar-refractivity contribution in [1.82, 2.24) is 14.9 Å². The van der Waals surface area contributed by atoms with Gasteiger partial charge in [0.15, 0.2) is 0 Å². The number of aromatic nitrogens is 2. The van der Waals surface area contributed by atoms with Crippen LogP contribution in [0.15, 0.2) is 12.3 Å². The first kappa shape index (κ1) is 14.4. The third-order valence-electron chi connectivity index (χ3n) is 2.66. The summed E-state index contributed by atoms with van der Waals surface area (Å²) in [5, 5.41) is 8.72. The molecule has 0 aromatic carbocycles. The molecular weight excluding hydrogens is 228 g/mol. The fraction of sp³-hybridized carbons (Fsp3) is 0.615. The highest BCUT2D eigenvalue weighted by Crippen LogP contribution is 2.06. The van der Waals surface area contributed by atoms with Crippen molar-refractivity contribution >= 4 is 0 Å². The van der Waals surface area contributed by atoms with Gasteiger partial charge in [0, 0.05) is 24.8 Å². The van der Waals surface area contributed by atoms with Crippen molar-refractivity contribution in [2.45, 2.75) is 39.8 Å². The highest BCUT2D eigenvalue weighted by molar-refractivity contribution is 5.19. The maximum Gasteiger partial charge on any atom is 0.317 e. The minimum absolute atomic E-state index is 0.265. The van der Waals surface area contributed by atoms with Crippen molar-refractivity contribution in [2.24, 2.45) is 0 Å². The predicted octanol–water partition coefficient (Wildman–Crippen LogP) is 1.85. The first-order chi connectivity index (χ1) is 8.54. The lowest BCUT2D eigenvalue weighted by atomic mass is 10.2. The van der Waals surface area contributed by atoms with Crippen LogP contribution in [0.4, 0.5) is 0 Å². The van der Waals surface area contributed by atoms with Crippen molar-refractivity contribution in [3.8, 4) is 12.1 Å². The van der Waals surface area contributed by atoms with E-state index in [4.69, 9.17) is 10.00 Å². The smallest absolute Gasteiger partial charge is 0.317 e. The number of nitriles is 1. The number of hydrogen-bond donors (Lipinski definition) is 0. The lowest BCUT2D eigenvalue weighted by molar-refractivity contribution is 0.138. The van der Waals surface area contributed by atoms with Crippen LogP contribution in [0.25, 0.3) is 0 Å². The Morgan fingerprint density at radius 2 is 2.00 bits per heavy atom. The second kappa shape index (κ2) is 6.92. The Hall–Kier alpha value is -1.67. The fourth-order valence-electron chi connectivity index (χ4n) is 1.83. The molecule has 0 fully saturated rings. The van der Waals surface area contributed by atoms with Gasteiger partial charge in [-0.15, -0.1) is 0 Å². The monoisotopic (exact) mass is 248 g/mol. The quantitative estimate of drug-likeness (QED) is 0.768. The van der Waals surface area contributed by atoms with Crippen LogP contribution in [0.2, 0.25) is 0 Å². The molecule has 0 N–H and O–H groups in total.